The normalized spacial score (nSPS) is 14.2. The van der Waals surface area contributed by atoms with E-state index in [1.54, 1.807) is 11.3 Å². The molecule has 2 heterocycles. The molecule has 0 amide bonds. The van der Waals surface area contributed by atoms with Gasteiger partial charge in [0.05, 0.1) is 5.69 Å². The van der Waals surface area contributed by atoms with Gasteiger partial charge in [0.1, 0.15) is 7.28 Å². The molecule has 0 atom stereocenters. The molecule has 68 valence electrons. The van der Waals surface area contributed by atoms with Crippen LogP contribution in [0.15, 0.2) is 0 Å². The molecule has 13 heavy (non-hydrogen) atoms. The summed E-state index contributed by atoms with van der Waals surface area (Å²) in [7, 11) is 2.36. The fourth-order valence-electron chi connectivity index (χ4n) is 1.44. The standard InChI is InChI=1S/C8H10BNS.CH4.Y/c1-6-10-7-2-4-9-5-3-8(7)11-6;;/h1-5H2;1H4;/q-1;;. The van der Waals surface area contributed by atoms with Crippen molar-refractivity contribution >= 4 is 18.6 Å². The quantitative estimate of drug-likeness (QED) is 0.520. The number of hydrogen-bond donors (Lipinski definition) is 0. The van der Waals surface area contributed by atoms with Gasteiger partial charge in [-0.25, -0.2) is 0 Å². The summed E-state index contributed by atoms with van der Waals surface area (Å²) in [6.45, 7) is 3.85. The Labute approximate surface area is 111 Å². The molecule has 1 nitrogen and oxygen atoms in total. The maximum absolute atomic E-state index is 4.40. The Morgan fingerprint density at radius 3 is 2.77 bits per heavy atom. The molecule has 2 radical (unpaired) electrons. The van der Waals surface area contributed by atoms with Crippen LogP contribution in [0.25, 0.3) is 0 Å². The number of rotatable bonds is 0. The topological polar surface area (TPSA) is 12.9 Å². The SMILES string of the molecule is C.[CH2-]c1nc2c(s1)CC[B]CC2.[Y]. The van der Waals surface area contributed by atoms with E-state index in [0.29, 0.717) is 0 Å². The van der Waals surface area contributed by atoms with E-state index in [-0.39, 0.29) is 40.1 Å². The van der Waals surface area contributed by atoms with Crippen LogP contribution in [0.3, 0.4) is 0 Å². The third-order valence-corrected chi connectivity index (χ3v) is 3.00. The molecule has 1 aliphatic rings. The summed E-state index contributed by atoms with van der Waals surface area (Å²) in [5.41, 5.74) is 1.30. The van der Waals surface area contributed by atoms with Crippen LogP contribution >= 0.6 is 11.3 Å². The molecule has 0 N–H and O–H groups in total. The molecule has 2 rings (SSSR count). The second kappa shape index (κ2) is 6.21. The van der Waals surface area contributed by atoms with E-state index >= 15 is 0 Å². The smallest absolute Gasteiger partial charge is 0.110 e. The minimum atomic E-state index is 0. The summed E-state index contributed by atoms with van der Waals surface area (Å²) < 4.78 is 0. The molecule has 1 aliphatic heterocycles. The second-order valence-corrected chi connectivity index (χ2v) is 4.01. The van der Waals surface area contributed by atoms with Crippen molar-refractivity contribution in [3.05, 3.63) is 22.5 Å². The molecule has 0 unspecified atom stereocenters. The molecule has 4 heteroatoms. The Balaban J connectivity index is 0.000000720. The number of hydrogen-bond acceptors (Lipinski definition) is 2. The maximum Gasteiger partial charge on any atom is 0.110 e. The molecule has 0 saturated carbocycles. The minimum Gasteiger partial charge on any atom is -0.346 e. The van der Waals surface area contributed by atoms with E-state index in [1.165, 1.54) is 29.6 Å². The van der Waals surface area contributed by atoms with Crippen molar-refractivity contribution in [3.63, 3.8) is 0 Å². The minimum absolute atomic E-state index is 0. The summed E-state index contributed by atoms with van der Waals surface area (Å²) in [5, 5.41) is 0.983. The molecular formula is C9H14BNSY-. The Bertz CT molecular complexity index is 239. The van der Waals surface area contributed by atoms with Gasteiger partial charge in [-0.1, -0.05) is 20.1 Å². The second-order valence-electron chi connectivity index (χ2n) is 2.84. The van der Waals surface area contributed by atoms with Gasteiger partial charge in [-0.2, -0.15) is 11.3 Å². The predicted molar refractivity (Wildman–Crippen MR) is 56.1 cm³/mol. The third-order valence-electron chi connectivity index (χ3n) is 1.98. The van der Waals surface area contributed by atoms with Crippen molar-refractivity contribution in [2.24, 2.45) is 0 Å². The van der Waals surface area contributed by atoms with Crippen LogP contribution in [-0.2, 0) is 45.6 Å². The monoisotopic (exact) mass is 268 g/mol. The zero-order chi connectivity index (χ0) is 7.68. The van der Waals surface area contributed by atoms with Crippen LogP contribution in [0.5, 0.6) is 0 Å². The van der Waals surface area contributed by atoms with Crippen LogP contribution in [0, 0.1) is 6.92 Å². The Kier molecular flexibility index (Phi) is 6.53. The Morgan fingerprint density at radius 1 is 1.31 bits per heavy atom. The molecule has 0 saturated heterocycles. The van der Waals surface area contributed by atoms with Gasteiger partial charge in [-0.05, 0) is 17.8 Å². The number of aryl methyl sites for hydroxylation is 2. The first-order valence-corrected chi connectivity index (χ1v) is 4.80. The van der Waals surface area contributed by atoms with Crippen molar-refractivity contribution in [3.8, 4) is 0 Å². The summed E-state index contributed by atoms with van der Waals surface area (Å²) in [6, 6.07) is 0. The van der Waals surface area contributed by atoms with Crippen LogP contribution in [0.1, 0.15) is 23.0 Å². The predicted octanol–water partition coefficient (Wildman–Crippen LogP) is 2.60. The summed E-state index contributed by atoms with van der Waals surface area (Å²) in [4.78, 5) is 5.86. The van der Waals surface area contributed by atoms with Gasteiger partial charge >= 0.3 is 0 Å². The van der Waals surface area contributed by atoms with Gasteiger partial charge in [0.25, 0.3) is 0 Å². The zero-order valence-corrected chi connectivity index (χ0v) is 10.7. The van der Waals surface area contributed by atoms with Crippen molar-refractivity contribution in [2.75, 3.05) is 0 Å². The van der Waals surface area contributed by atoms with Crippen LogP contribution in [0.4, 0.5) is 0 Å². The molecule has 0 fully saturated rings. The molecule has 0 bridgehead atoms. The molecule has 1 aromatic rings. The van der Waals surface area contributed by atoms with Crippen molar-refractivity contribution < 1.29 is 32.7 Å². The van der Waals surface area contributed by atoms with Gasteiger partial charge in [-0.3, -0.25) is 4.98 Å². The number of aromatic nitrogens is 1. The van der Waals surface area contributed by atoms with Crippen LogP contribution < -0.4 is 0 Å². The third kappa shape index (κ3) is 3.38. The van der Waals surface area contributed by atoms with E-state index in [1.807, 2.05) is 0 Å². The van der Waals surface area contributed by atoms with E-state index < -0.39 is 0 Å². The molecule has 0 aromatic carbocycles. The Morgan fingerprint density at radius 2 is 2.00 bits per heavy atom. The van der Waals surface area contributed by atoms with Gasteiger partial charge in [0, 0.05) is 37.6 Å². The van der Waals surface area contributed by atoms with Gasteiger partial charge in [0.2, 0.25) is 0 Å². The zero-order valence-electron chi connectivity index (χ0n) is 7.05. The van der Waals surface area contributed by atoms with Gasteiger partial charge in [-0.15, -0.1) is 0 Å². The average molecular weight is 268 g/mol. The molecular weight excluding hydrogens is 254 g/mol. The van der Waals surface area contributed by atoms with Crippen LogP contribution in [0.2, 0.25) is 12.6 Å². The molecule has 0 spiro atoms. The van der Waals surface area contributed by atoms with Crippen LogP contribution in [-0.4, -0.2) is 12.3 Å². The van der Waals surface area contributed by atoms with Gasteiger partial charge in [0.15, 0.2) is 0 Å². The fraction of sp³-hybridized carbons (Fsp3) is 0.556. The summed E-state index contributed by atoms with van der Waals surface area (Å²) >= 11 is 1.76. The first kappa shape index (κ1) is 13.7. The Hall–Kier alpha value is 0.669. The van der Waals surface area contributed by atoms with E-state index in [9.17, 15) is 0 Å². The number of thiazole rings is 1. The van der Waals surface area contributed by atoms with Crippen molar-refractivity contribution in [2.45, 2.75) is 32.9 Å². The van der Waals surface area contributed by atoms with E-state index in [2.05, 4.69) is 19.2 Å². The number of nitrogens with zero attached hydrogens (tertiary/aromatic N) is 1. The summed E-state index contributed by atoms with van der Waals surface area (Å²) in [5.74, 6) is 0. The van der Waals surface area contributed by atoms with Gasteiger partial charge < -0.3 is 6.92 Å². The van der Waals surface area contributed by atoms with E-state index in [4.69, 9.17) is 0 Å². The van der Waals surface area contributed by atoms with Crippen molar-refractivity contribution in [1.29, 1.82) is 0 Å². The summed E-state index contributed by atoms with van der Waals surface area (Å²) in [6.07, 6.45) is 4.72. The first-order chi connectivity index (χ1) is 5.36. The number of fused-ring (bicyclic) bond motifs is 1. The van der Waals surface area contributed by atoms with Crippen molar-refractivity contribution in [1.82, 2.24) is 4.98 Å². The largest absolute Gasteiger partial charge is 0.346 e. The molecule has 1 aromatic heterocycles. The first-order valence-electron chi connectivity index (χ1n) is 3.98. The maximum atomic E-state index is 4.40. The van der Waals surface area contributed by atoms with E-state index in [0.717, 1.165) is 11.4 Å². The average Bonchev–Trinajstić information content (AvgIpc) is 2.17. The fourth-order valence-corrected chi connectivity index (χ4v) is 2.37. The molecule has 0 aliphatic carbocycles.